The lowest BCUT2D eigenvalue weighted by Crippen LogP contribution is -2.22. The van der Waals surface area contributed by atoms with Gasteiger partial charge in [-0.05, 0) is 0 Å². The molecule has 0 aromatic rings. The van der Waals surface area contributed by atoms with Crippen molar-refractivity contribution < 1.29 is 14.3 Å². The summed E-state index contributed by atoms with van der Waals surface area (Å²) < 4.78 is 4.33. The molecule has 0 aliphatic heterocycles. The molecular weight excluding hydrogens is 122 g/mol. The molecule has 0 atom stereocenters. The second-order valence-corrected chi connectivity index (χ2v) is 1.15. The molecule has 4 nitrogen and oxygen atoms in total. The van der Waals surface area contributed by atoms with Crippen LogP contribution in [0.4, 0.5) is 4.79 Å². The molecule has 0 rings (SSSR count). The first-order chi connectivity index (χ1) is 4.31. The van der Waals surface area contributed by atoms with E-state index in [9.17, 15) is 9.59 Å². The van der Waals surface area contributed by atoms with Crippen molar-refractivity contribution in [3.8, 4) is 0 Å². The highest BCUT2D eigenvalue weighted by molar-refractivity contribution is 5.79. The van der Waals surface area contributed by atoms with Gasteiger partial charge >= 0.3 is 6.09 Å². The number of carbonyl (C=O) groups excluding carboxylic acids is 2. The van der Waals surface area contributed by atoms with Crippen molar-refractivity contribution in [2.45, 2.75) is 0 Å². The van der Waals surface area contributed by atoms with Crippen molar-refractivity contribution in [1.29, 1.82) is 0 Å². The Morgan fingerprint density at radius 2 is 2.44 bits per heavy atom. The molecule has 0 aliphatic carbocycles. The molecule has 0 radical (unpaired) electrons. The van der Waals surface area contributed by atoms with E-state index in [1.807, 2.05) is 0 Å². The van der Waals surface area contributed by atoms with Crippen molar-refractivity contribution in [2.75, 3.05) is 6.61 Å². The zero-order valence-electron chi connectivity index (χ0n) is 4.79. The van der Waals surface area contributed by atoms with Crippen molar-refractivity contribution in [3.63, 3.8) is 0 Å². The fourth-order valence-corrected chi connectivity index (χ4v) is 0.224. The van der Waals surface area contributed by atoms with Gasteiger partial charge in [0, 0.05) is 0 Å². The van der Waals surface area contributed by atoms with Crippen molar-refractivity contribution in [1.82, 2.24) is 5.32 Å². The summed E-state index contributed by atoms with van der Waals surface area (Å²) in [7, 11) is 0. The molecule has 0 bridgehead atoms. The van der Waals surface area contributed by atoms with E-state index in [1.54, 1.807) is 5.32 Å². The highest BCUT2D eigenvalue weighted by atomic mass is 16.5. The van der Waals surface area contributed by atoms with Gasteiger partial charge in [-0.15, -0.1) is 0 Å². The smallest absolute Gasteiger partial charge is 0.413 e. The van der Waals surface area contributed by atoms with Gasteiger partial charge in [-0.3, -0.25) is 10.1 Å². The lowest BCUT2D eigenvalue weighted by Gasteiger charge is -1.95. The molecule has 9 heavy (non-hydrogen) atoms. The minimum absolute atomic E-state index is 0.111. The number of hydrogen-bond donors (Lipinski definition) is 1. The van der Waals surface area contributed by atoms with E-state index in [2.05, 4.69) is 11.3 Å². The van der Waals surface area contributed by atoms with Gasteiger partial charge in [0.25, 0.3) is 0 Å². The lowest BCUT2D eigenvalue weighted by atomic mass is 10.7. The molecule has 0 aromatic heterocycles. The zero-order valence-corrected chi connectivity index (χ0v) is 4.79. The van der Waals surface area contributed by atoms with E-state index in [4.69, 9.17) is 0 Å². The third-order valence-electron chi connectivity index (χ3n) is 0.509. The Kier molecular flexibility index (Phi) is 4.12. The third-order valence-corrected chi connectivity index (χ3v) is 0.509. The Hall–Kier alpha value is -1.32. The van der Waals surface area contributed by atoms with E-state index >= 15 is 0 Å². The summed E-state index contributed by atoms with van der Waals surface area (Å²) in [6.07, 6.45) is 0.903. The van der Waals surface area contributed by atoms with Crippen LogP contribution in [0.5, 0.6) is 0 Å². The molecular formula is C5H7NO3. The minimum Gasteiger partial charge on any atom is -0.445 e. The van der Waals surface area contributed by atoms with E-state index in [0.29, 0.717) is 0 Å². The van der Waals surface area contributed by atoms with Gasteiger partial charge in [-0.1, -0.05) is 12.7 Å². The monoisotopic (exact) mass is 129 g/mol. The predicted octanol–water partition coefficient (Wildman–Crippen LogP) is 0.0550. The number of amides is 2. The molecule has 0 unspecified atom stereocenters. The van der Waals surface area contributed by atoms with Crippen LogP contribution in [0, 0.1) is 0 Å². The first-order valence-electron chi connectivity index (χ1n) is 2.29. The summed E-state index contributed by atoms with van der Waals surface area (Å²) >= 11 is 0. The molecule has 0 aromatic carbocycles. The lowest BCUT2D eigenvalue weighted by molar-refractivity contribution is -0.109. The van der Waals surface area contributed by atoms with Crippen molar-refractivity contribution in [2.24, 2.45) is 0 Å². The molecule has 0 saturated carbocycles. The second kappa shape index (κ2) is 4.83. The van der Waals surface area contributed by atoms with Crippen LogP contribution in [0.15, 0.2) is 12.7 Å². The van der Waals surface area contributed by atoms with Gasteiger partial charge in [0.05, 0.1) is 0 Å². The normalized spacial score (nSPS) is 7.56. The van der Waals surface area contributed by atoms with Gasteiger partial charge in [0.2, 0.25) is 6.41 Å². The summed E-state index contributed by atoms with van der Waals surface area (Å²) in [6.45, 7) is 3.41. The Bertz CT molecular complexity index is 121. The van der Waals surface area contributed by atoms with Gasteiger partial charge in [-0.2, -0.15) is 0 Å². The molecule has 0 spiro atoms. The predicted molar refractivity (Wildman–Crippen MR) is 30.7 cm³/mol. The molecule has 50 valence electrons. The van der Waals surface area contributed by atoms with Gasteiger partial charge in [0.1, 0.15) is 6.61 Å². The summed E-state index contributed by atoms with van der Waals surface area (Å²) in [5.74, 6) is 0. The maximum absolute atomic E-state index is 10.2. The van der Waals surface area contributed by atoms with Gasteiger partial charge in [0.15, 0.2) is 0 Å². The Morgan fingerprint density at radius 1 is 1.78 bits per heavy atom. The average Bonchev–Trinajstić information content (AvgIpc) is 1.85. The zero-order chi connectivity index (χ0) is 7.11. The van der Waals surface area contributed by atoms with Crippen molar-refractivity contribution in [3.05, 3.63) is 12.7 Å². The number of ether oxygens (including phenoxy) is 1. The SMILES string of the molecule is C=CCOC(=O)NC=O. The highest BCUT2D eigenvalue weighted by Crippen LogP contribution is 1.74. The summed E-state index contributed by atoms with van der Waals surface area (Å²) in [5.41, 5.74) is 0. The largest absolute Gasteiger partial charge is 0.445 e. The van der Waals surface area contributed by atoms with Crippen LogP contribution in [0.1, 0.15) is 0 Å². The standard InChI is InChI=1S/C5H7NO3/c1-2-3-9-5(8)6-4-7/h2,4H,1,3H2,(H,6,7,8). The molecule has 0 saturated heterocycles. The Labute approximate surface area is 52.5 Å². The average molecular weight is 129 g/mol. The topological polar surface area (TPSA) is 55.4 Å². The van der Waals surface area contributed by atoms with E-state index in [-0.39, 0.29) is 13.0 Å². The maximum Gasteiger partial charge on any atom is 0.413 e. The van der Waals surface area contributed by atoms with Crippen LogP contribution < -0.4 is 5.32 Å². The summed E-state index contributed by atoms with van der Waals surface area (Å²) in [5, 5.41) is 1.79. The fraction of sp³-hybridized carbons (Fsp3) is 0.200. The highest BCUT2D eigenvalue weighted by Gasteiger charge is 1.94. The first kappa shape index (κ1) is 7.68. The molecule has 2 amide bonds. The first-order valence-corrected chi connectivity index (χ1v) is 2.29. The van der Waals surface area contributed by atoms with Gasteiger partial charge < -0.3 is 4.74 Å². The van der Waals surface area contributed by atoms with Crippen LogP contribution in [0.2, 0.25) is 0 Å². The number of carbonyl (C=O) groups is 2. The summed E-state index contributed by atoms with van der Waals surface area (Å²) in [6, 6.07) is 0. The molecule has 4 heteroatoms. The number of rotatable bonds is 3. The molecule has 1 N–H and O–H groups in total. The second-order valence-electron chi connectivity index (χ2n) is 1.15. The summed E-state index contributed by atoms with van der Waals surface area (Å²) in [4.78, 5) is 19.7. The Morgan fingerprint density at radius 3 is 2.89 bits per heavy atom. The van der Waals surface area contributed by atoms with Gasteiger partial charge in [-0.25, -0.2) is 4.79 Å². The number of hydrogen-bond acceptors (Lipinski definition) is 3. The van der Waals surface area contributed by atoms with Crippen LogP contribution in [0.25, 0.3) is 0 Å². The van der Waals surface area contributed by atoms with E-state index in [1.165, 1.54) is 6.08 Å². The Balaban J connectivity index is 3.26. The van der Waals surface area contributed by atoms with Crippen LogP contribution >= 0.6 is 0 Å². The van der Waals surface area contributed by atoms with Crippen LogP contribution in [-0.4, -0.2) is 19.1 Å². The molecule has 0 heterocycles. The van der Waals surface area contributed by atoms with Crippen LogP contribution in [-0.2, 0) is 9.53 Å². The van der Waals surface area contributed by atoms with Crippen molar-refractivity contribution >= 4 is 12.5 Å². The number of alkyl carbamates (subject to hydrolysis) is 1. The third kappa shape index (κ3) is 4.53. The maximum atomic E-state index is 10.2. The molecule has 0 aliphatic rings. The molecule has 0 fully saturated rings. The van der Waals surface area contributed by atoms with E-state index < -0.39 is 6.09 Å². The minimum atomic E-state index is -0.759. The number of nitrogens with one attached hydrogen (secondary N) is 1. The van der Waals surface area contributed by atoms with E-state index in [0.717, 1.165) is 0 Å². The number of imide groups is 1. The van der Waals surface area contributed by atoms with Crippen LogP contribution in [0.3, 0.4) is 0 Å². The fourth-order valence-electron chi connectivity index (χ4n) is 0.224. The quantitative estimate of drug-likeness (QED) is 0.433.